The van der Waals surface area contributed by atoms with E-state index in [4.69, 9.17) is 5.73 Å². The van der Waals surface area contributed by atoms with Crippen LogP contribution in [0.5, 0.6) is 0 Å². The van der Waals surface area contributed by atoms with E-state index < -0.39 is 0 Å². The van der Waals surface area contributed by atoms with Gasteiger partial charge in [-0.05, 0) is 38.0 Å². The molecule has 0 radical (unpaired) electrons. The van der Waals surface area contributed by atoms with E-state index in [2.05, 4.69) is 0 Å². The van der Waals surface area contributed by atoms with Gasteiger partial charge in [0.1, 0.15) is 5.82 Å². The molecule has 0 heterocycles. The van der Waals surface area contributed by atoms with E-state index in [1.807, 2.05) is 19.9 Å². The Kier molecular flexibility index (Phi) is 3.28. The number of hydrogen-bond donors (Lipinski definition) is 1. The minimum atomic E-state index is -0.194. The molecule has 0 atom stereocenters. The molecular formula is C12H16FN. The summed E-state index contributed by atoms with van der Waals surface area (Å²) in [5.41, 5.74) is 8.35. The second-order valence-corrected chi connectivity index (χ2v) is 3.31. The van der Waals surface area contributed by atoms with Gasteiger partial charge in [0.2, 0.25) is 0 Å². The molecule has 1 aromatic carbocycles. The van der Waals surface area contributed by atoms with Crippen LogP contribution in [0, 0.1) is 12.7 Å². The molecule has 0 aliphatic carbocycles. The summed E-state index contributed by atoms with van der Waals surface area (Å²) in [5, 5.41) is 0. The molecule has 2 heteroatoms. The first-order valence-electron chi connectivity index (χ1n) is 4.82. The SMILES string of the molecule is C/C=C(\CC)c1ccc(N)c(C)c1F. The van der Waals surface area contributed by atoms with Crippen LogP contribution in [0.25, 0.3) is 5.57 Å². The summed E-state index contributed by atoms with van der Waals surface area (Å²) >= 11 is 0. The van der Waals surface area contributed by atoms with Crippen molar-refractivity contribution >= 4 is 11.3 Å². The minimum absolute atomic E-state index is 0.194. The normalized spacial score (nSPS) is 11.9. The lowest BCUT2D eigenvalue weighted by Crippen LogP contribution is -1.97. The number of anilines is 1. The largest absolute Gasteiger partial charge is 0.398 e. The van der Waals surface area contributed by atoms with Gasteiger partial charge < -0.3 is 5.73 Å². The van der Waals surface area contributed by atoms with E-state index >= 15 is 0 Å². The van der Waals surface area contributed by atoms with E-state index in [0.29, 0.717) is 16.8 Å². The van der Waals surface area contributed by atoms with Gasteiger partial charge in [0.15, 0.2) is 0 Å². The lowest BCUT2D eigenvalue weighted by atomic mass is 9.99. The summed E-state index contributed by atoms with van der Waals surface area (Å²) in [7, 11) is 0. The molecule has 2 N–H and O–H groups in total. The van der Waals surface area contributed by atoms with Crippen molar-refractivity contribution in [1.29, 1.82) is 0 Å². The predicted octanol–water partition coefficient (Wildman–Crippen LogP) is 3.53. The number of hydrogen-bond acceptors (Lipinski definition) is 1. The van der Waals surface area contributed by atoms with Gasteiger partial charge in [-0.1, -0.05) is 13.0 Å². The van der Waals surface area contributed by atoms with Crippen molar-refractivity contribution in [3.05, 3.63) is 35.2 Å². The first-order valence-corrected chi connectivity index (χ1v) is 4.82. The molecule has 0 bridgehead atoms. The van der Waals surface area contributed by atoms with E-state index in [1.54, 1.807) is 19.1 Å². The average molecular weight is 193 g/mol. The van der Waals surface area contributed by atoms with Crippen molar-refractivity contribution in [3.8, 4) is 0 Å². The standard InChI is InChI=1S/C12H16FN/c1-4-9(5-2)10-6-7-11(14)8(3)12(10)13/h4,6-7H,5,14H2,1-3H3/b9-4+. The summed E-state index contributed by atoms with van der Waals surface area (Å²) in [4.78, 5) is 0. The van der Waals surface area contributed by atoms with Gasteiger partial charge >= 0.3 is 0 Å². The highest BCUT2D eigenvalue weighted by Gasteiger charge is 2.09. The molecule has 0 saturated heterocycles. The smallest absolute Gasteiger partial charge is 0.135 e. The van der Waals surface area contributed by atoms with Crippen LogP contribution >= 0.6 is 0 Å². The van der Waals surface area contributed by atoms with E-state index in [1.165, 1.54) is 0 Å². The molecule has 0 fully saturated rings. The highest BCUT2D eigenvalue weighted by atomic mass is 19.1. The molecule has 0 unspecified atom stereocenters. The van der Waals surface area contributed by atoms with Crippen molar-refractivity contribution in [3.63, 3.8) is 0 Å². The first kappa shape index (κ1) is 10.8. The van der Waals surface area contributed by atoms with Gasteiger partial charge in [0.25, 0.3) is 0 Å². The Morgan fingerprint density at radius 1 is 1.50 bits per heavy atom. The fourth-order valence-corrected chi connectivity index (χ4v) is 1.50. The number of allylic oxidation sites excluding steroid dienone is 2. The quantitative estimate of drug-likeness (QED) is 0.714. The molecule has 0 amide bonds. The van der Waals surface area contributed by atoms with Crippen LogP contribution in [0.2, 0.25) is 0 Å². The van der Waals surface area contributed by atoms with Crippen molar-refractivity contribution in [2.75, 3.05) is 5.73 Å². The fraction of sp³-hybridized carbons (Fsp3) is 0.333. The van der Waals surface area contributed by atoms with Crippen LogP contribution in [0.4, 0.5) is 10.1 Å². The average Bonchev–Trinajstić information content (AvgIpc) is 2.19. The Morgan fingerprint density at radius 3 is 2.64 bits per heavy atom. The Balaban J connectivity index is 3.30. The zero-order valence-electron chi connectivity index (χ0n) is 8.89. The monoisotopic (exact) mass is 193 g/mol. The number of halogens is 1. The van der Waals surface area contributed by atoms with E-state index in [-0.39, 0.29) is 5.82 Å². The van der Waals surface area contributed by atoms with Crippen LogP contribution in [0.3, 0.4) is 0 Å². The molecule has 0 spiro atoms. The zero-order valence-corrected chi connectivity index (χ0v) is 8.89. The lowest BCUT2D eigenvalue weighted by Gasteiger charge is -2.09. The van der Waals surface area contributed by atoms with Crippen LogP contribution in [-0.4, -0.2) is 0 Å². The zero-order chi connectivity index (χ0) is 10.7. The van der Waals surface area contributed by atoms with Gasteiger partial charge in [-0.3, -0.25) is 0 Å². The lowest BCUT2D eigenvalue weighted by molar-refractivity contribution is 0.615. The topological polar surface area (TPSA) is 26.0 Å². The molecule has 1 aromatic rings. The number of nitrogens with two attached hydrogens (primary N) is 1. The van der Waals surface area contributed by atoms with Gasteiger partial charge in [-0.25, -0.2) is 4.39 Å². The van der Waals surface area contributed by atoms with Gasteiger partial charge in [-0.2, -0.15) is 0 Å². The van der Waals surface area contributed by atoms with E-state index in [0.717, 1.165) is 12.0 Å². The Labute approximate surface area is 84.4 Å². The maximum absolute atomic E-state index is 13.8. The second-order valence-electron chi connectivity index (χ2n) is 3.31. The third kappa shape index (κ3) is 1.79. The van der Waals surface area contributed by atoms with Crippen LogP contribution in [0.15, 0.2) is 18.2 Å². The van der Waals surface area contributed by atoms with E-state index in [9.17, 15) is 4.39 Å². The third-order valence-corrected chi connectivity index (χ3v) is 2.50. The molecular weight excluding hydrogens is 177 g/mol. The van der Waals surface area contributed by atoms with Crippen molar-refractivity contribution in [1.82, 2.24) is 0 Å². The van der Waals surface area contributed by atoms with Crippen LogP contribution in [-0.2, 0) is 0 Å². The highest BCUT2D eigenvalue weighted by Crippen LogP contribution is 2.26. The Morgan fingerprint density at radius 2 is 2.14 bits per heavy atom. The van der Waals surface area contributed by atoms with Crippen LogP contribution in [0.1, 0.15) is 31.4 Å². The summed E-state index contributed by atoms with van der Waals surface area (Å²) in [6.07, 6.45) is 2.77. The summed E-state index contributed by atoms with van der Waals surface area (Å²) < 4.78 is 13.8. The molecule has 0 aliphatic heterocycles. The van der Waals surface area contributed by atoms with Gasteiger partial charge in [0, 0.05) is 16.8 Å². The number of nitrogen functional groups attached to an aromatic ring is 1. The molecule has 76 valence electrons. The van der Waals surface area contributed by atoms with Crippen molar-refractivity contribution in [2.45, 2.75) is 27.2 Å². The third-order valence-electron chi connectivity index (χ3n) is 2.50. The fourth-order valence-electron chi connectivity index (χ4n) is 1.50. The van der Waals surface area contributed by atoms with Crippen molar-refractivity contribution in [2.24, 2.45) is 0 Å². The maximum Gasteiger partial charge on any atom is 0.135 e. The van der Waals surface area contributed by atoms with Crippen LogP contribution < -0.4 is 5.73 Å². The van der Waals surface area contributed by atoms with Gasteiger partial charge in [0.05, 0.1) is 0 Å². The minimum Gasteiger partial charge on any atom is -0.398 e. The summed E-state index contributed by atoms with van der Waals surface area (Å²) in [5.74, 6) is -0.194. The molecule has 0 saturated carbocycles. The van der Waals surface area contributed by atoms with Gasteiger partial charge in [-0.15, -0.1) is 0 Å². The summed E-state index contributed by atoms with van der Waals surface area (Å²) in [6.45, 7) is 5.64. The highest BCUT2D eigenvalue weighted by molar-refractivity contribution is 5.68. The predicted molar refractivity (Wildman–Crippen MR) is 59.5 cm³/mol. The molecule has 0 aromatic heterocycles. The summed E-state index contributed by atoms with van der Waals surface area (Å²) in [6, 6.07) is 3.50. The molecule has 0 aliphatic rings. The Bertz CT molecular complexity index is 367. The Hall–Kier alpha value is -1.31. The number of benzene rings is 1. The molecule has 1 nitrogen and oxygen atoms in total. The maximum atomic E-state index is 13.8. The van der Waals surface area contributed by atoms with Crippen molar-refractivity contribution < 1.29 is 4.39 Å². The molecule has 14 heavy (non-hydrogen) atoms. The molecule has 1 rings (SSSR count). The number of rotatable bonds is 2. The second kappa shape index (κ2) is 4.27. The first-order chi connectivity index (χ1) is 6.61.